The van der Waals surface area contributed by atoms with Gasteiger partial charge in [0.2, 0.25) is 0 Å². The molecule has 0 bridgehead atoms. The van der Waals surface area contributed by atoms with Crippen molar-refractivity contribution in [2.45, 2.75) is 39.7 Å². The predicted octanol–water partition coefficient (Wildman–Crippen LogP) is 1.77. The fourth-order valence-electron chi connectivity index (χ4n) is 1.47. The van der Waals surface area contributed by atoms with Crippen molar-refractivity contribution in [3.63, 3.8) is 0 Å². The van der Waals surface area contributed by atoms with Gasteiger partial charge < -0.3 is 5.73 Å². The van der Waals surface area contributed by atoms with Gasteiger partial charge >= 0.3 is 0 Å². The van der Waals surface area contributed by atoms with Crippen LogP contribution in [0.25, 0.3) is 0 Å². The Hall–Kier alpha value is -1.11. The molecule has 1 aromatic rings. The number of nitrogens with two attached hydrogens (primary N) is 1. The molecule has 4 nitrogen and oxygen atoms in total. The second kappa shape index (κ2) is 6.00. The zero-order valence-electron chi connectivity index (χ0n) is 9.86. The second-order valence-corrected chi connectivity index (χ2v) is 4.69. The van der Waals surface area contributed by atoms with E-state index in [9.17, 15) is 8.78 Å². The smallest absolute Gasteiger partial charge is 0.257 e. The lowest BCUT2D eigenvalue weighted by molar-refractivity contribution is 0.119. The highest BCUT2D eigenvalue weighted by molar-refractivity contribution is 7.80. The van der Waals surface area contributed by atoms with Gasteiger partial charge in [-0.3, -0.25) is 0 Å². The van der Waals surface area contributed by atoms with Gasteiger partial charge in [0.05, 0.1) is 5.69 Å². The third kappa shape index (κ3) is 3.99. The summed E-state index contributed by atoms with van der Waals surface area (Å²) < 4.78 is 25.9. The first kappa shape index (κ1) is 14.0. The summed E-state index contributed by atoms with van der Waals surface area (Å²) in [5.74, 6) is 0.462. The minimum absolute atomic E-state index is 0.101. The second-order valence-electron chi connectivity index (χ2n) is 4.25. The molecule has 0 aliphatic carbocycles. The molecule has 1 rings (SSSR count). The van der Waals surface area contributed by atoms with Crippen LogP contribution in [0.1, 0.15) is 31.7 Å². The fourth-order valence-corrected chi connectivity index (χ4v) is 1.63. The Morgan fingerprint density at radius 2 is 2.12 bits per heavy atom. The summed E-state index contributed by atoms with van der Waals surface area (Å²) in [6.07, 6.45) is -1.01. The number of rotatable bonds is 6. The summed E-state index contributed by atoms with van der Waals surface area (Å²) in [5, 5.41) is 7.43. The minimum Gasteiger partial charge on any atom is -0.388 e. The van der Waals surface area contributed by atoms with E-state index in [0.717, 1.165) is 6.42 Å². The molecule has 0 unspecified atom stereocenters. The first-order valence-electron chi connectivity index (χ1n) is 5.42. The number of hydrogen-bond donors (Lipinski definition) is 1. The zero-order chi connectivity index (χ0) is 13.0. The van der Waals surface area contributed by atoms with Crippen molar-refractivity contribution in [1.82, 2.24) is 15.0 Å². The Morgan fingerprint density at radius 1 is 1.47 bits per heavy atom. The predicted molar refractivity (Wildman–Crippen MR) is 65.1 cm³/mol. The van der Waals surface area contributed by atoms with E-state index >= 15 is 0 Å². The standard InChI is InChI=1S/C10H16F2N4S/c1-6(2)3-4-7-9(10(13)17)14-15-16(7)5-8(11)12/h6,8H,3-5H2,1-2H3,(H2,13,17). The minimum atomic E-state index is -2.46. The van der Waals surface area contributed by atoms with Crippen molar-refractivity contribution < 1.29 is 8.78 Å². The van der Waals surface area contributed by atoms with Gasteiger partial charge in [0.25, 0.3) is 6.43 Å². The van der Waals surface area contributed by atoms with Gasteiger partial charge in [-0.1, -0.05) is 31.3 Å². The summed E-state index contributed by atoms with van der Waals surface area (Å²) in [6.45, 7) is 3.65. The first-order valence-corrected chi connectivity index (χ1v) is 5.83. The van der Waals surface area contributed by atoms with Crippen molar-refractivity contribution >= 4 is 17.2 Å². The molecule has 0 atom stereocenters. The van der Waals surface area contributed by atoms with Crippen LogP contribution in [0.2, 0.25) is 0 Å². The van der Waals surface area contributed by atoms with E-state index in [0.29, 0.717) is 23.7 Å². The van der Waals surface area contributed by atoms with E-state index in [4.69, 9.17) is 18.0 Å². The highest BCUT2D eigenvalue weighted by Gasteiger charge is 2.17. The monoisotopic (exact) mass is 262 g/mol. The van der Waals surface area contributed by atoms with Crippen LogP contribution >= 0.6 is 12.2 Å². The molecule has 1 heterocycles. The number of aromatic nitrogens is 3. The summed E-state index contributed by atoms with van der Waals surface area (Å²) in [4.78, 5) is 0.101. The molecule has 1 aromatic heterocycles. The fraction of sp³-hybridized carbons (Fsp3) is 0.700. The van der Waals surface area contributed by atoms with Gasteiger partial charge in [0.1, 0.15) is 17.2 Å². The SMILES string of the molecule is CC(C)CCc1c(C(N)=S)nnn1CC(F)F. The molecule has 0 saturated carbocycles. The topological polar surface area (TPSA) is 56.7 Å². The molecule has 0 amide bonds. The zero-order valence-corrected chi connectivity index (χ0v) is 10.7. The maximum absolute atomic E-state index is 12.4. The number of hydrogen-bond acceptors (Lipinski definition) is 3. The largest absolute Gasteiger partial charge is 0.388 e. The van der Waals surface area contributed by atoms with E-state index in [-0.39, 0.29) is 4.99 Å². The van der Waals surface area contributed by atoms with Crippen LogP contribution in [-0.2, 0) is 13.0 Å². The molecule has 7 heteroatoms. The van der Waals surface area contributed by atoms with E-state index in [2.05, 4.69) is 24.2 Å². The Kier molecular flexibility index (Phi) is 4.92. The van der Waals surface area contributed by atoms with Crippen LogP contribution in [0.5, 0.6) is 0 Å². The van der Waals surface area contributed by atoms with E-state index in [1.54, 1.807) is 0 Å². The Morgan fingerprint density at radius 3 is 2.59 bits per heavy atom. The third-order valence-corrected chi connectivity index (χ3v) is 2.53. The maximum Gasteiger partial charge on any atom is 0.257 e. The maximum atomic E-state index is 12.4. The molecule has 0 fully saturated rings. The molecule has 96 valence electrons. The summed E-state index contributed by atoms with van der Waals surface area (Å²) in [6, 6.07) is 0. The van der Waals surface area contributed by atoms with Crippen LogP contribution in [0.3, 0.4) is 0 Å². The molecule has 0 radical (unpaired) electrons. The lowest BCUT2D eigenvalue weighted by Crippen LogP contribution is -2.16. The average Bonchev–Trinajstić information content (AvgIpc) is 2.57. The van der Waals surface area contributed by atoms with Crippen LogP contribution in [0.4, 0.5) is 8.78 Å². The Balaban J connectivity index is 2.93. The molecule has 2 N–H and O–H groups in total. The van der Waals surface area contributed by atoms with Gasteiger partial charge in [0, 0.05) is 0 Å². The van der Waals surface area contributed by atoms with Gasteiger partial charge in [-0.2, -0.15) is 0 Å². The van der Waals surface area contributed by atoms with Gasteiger partial charge in [-0.05, 0) is 18.8 Å². The molecule has 0 aliphatic rings. The summed E-state index contributed by atoms with van der Waals surface area (Å²) in [7, 11) is 0. The van der Waals surface area contributed by atoms with E-state index in [1.165, 1.54) is 4.68 Å². The van der Waals surface area contributed by atoms with Gasteiger partial charge in [-0.25, -0.2) is 13.5 Å². The number of alkyl halides is 2. The quantitative estimate of drug-likeness (QED) is 0.794. The molecule has 0 aliphatic heterocycles. The molecule has 0 spiro atoms. The van der Waals surface area contributed by atoms with E-state index in [1.807, 2.05) is 0 Å². The van der Waals surface area contributed by atoms with Crippen molar-refractivity contribution in [3.05, 3.63) is 11.4 Å². The van der Waals surface area contributed by atoms with Crippen molar-refractivity contribution in [3.8, 4) is 0 Å². The highest BCUT2D eigenvalue weighted by atomic mass is 32.1. The lowest BCUT2D eigenvalue weighted by atomic mass is 10.1. The summed E-state index contributed by atoms with van der Waals surface area (Å²) >= 11 is 4.83. The van der Waals surface area contributed by atoms with Crippen molar-refractivity contribution in [2.75, 3.05) is 0 Å². The molecule has 0 saturated heterocycles. The highest BCUT2D eigenvalue weighted by Crippen LogP contribution is 2.13. The number of thiocarbonyl (C=S) groups is 1. The van der Waals surface area contributed by atoms with Crippen molar-refractivity contribution in [1.29, 1.82) is 0 Å². The molecule has 17 heavy (non-hydrogen) atoms. The summed E-state index contributed by atoms with van der Waals surface area (Å²) in [5.41, 5.74) is 6.46. The van der Waals surface area contributed by atoms with Crippen LogP contribution in [0, 0.1) is 5.92 Å². The van der Waals surface area contributed by atoms with E-state index < -0.39 is 13.0 Å². The Bertz CT molecular complexity index is 390. The number of halogens is 2. The normalized spacial score (nSPS) is 11.4. The lowest BCUT2D eigenvalue weighted by Gasteiger charge is -2.08. The molecular weight excluding hydrogens is 246 g/mol. The van der Waals surface area contributed by atoms with Crippen molar-refractivity contribution in [2.24, 2.45) is 11.7 Å². The van der Waals surface area contributed by atoms with Gasteiger partial charge in [-0.15, -0.1) is 5.10 Å². The molecule has 0 aromatic carbocycles. The van der Waals surface area contributed by atoms with Crippen LogP contribution in [-0.4, -0.2) is 26.4 Å². The van der Waals surface area contributed by atoms with Crippen LogP contribution < -0.4 is 5.73 Å². The van der Waals surface area contributed by atoms with Gasteiger partial charge in [0.15, 0.2) is 0 Å². The third-order valence-electron chi connectivity index (χ3n) is 2.34. The number of nitrogens with zero attached hydrogens (tertiary/aromatic N) is 3. The Labute approximate surface area is 104 Å². The molecular formula is C10H16F2N4S. The first-order chi connectivity index (χ1) is 7.91. The average molecular weight is 262 g/mol. The van der Waals surface area contributed by atoms with Crippen LogP contribution in [0.15, 0.2) is 0 Å².